The van der Waals surface area contributed by atoms with Crippen molar-refractivity contribution in [2.24, 2.45) is 29.1 Å². The fourth-order valence-electron chi connectivity index (χ4n) is 3.64. The molecule has 1 aliphatic carbocycles. The zero-order valence-corrected chi connectivity index (χ0v) is 13.6. The summed E-state index contributed by atoms with van der Waals surface area (Å²) in [6.07, 6.45) is 5.66. The van der Waals surface area contributed by atoms with E-state index in [1.807, 2.05) is 0 Å². The maximum Gasteiger partial charge on any atom is -0.00179 e. The second-order valence-corrected chi connectivity index (χ2v) is 7.49. The summed E-state index contributed by atoms with van der Waals surface area (Å²) in [6, 6.07) is 0. The molecule has 0 radical (unpaired) electrons. The van der Waals surface area contributed by atoms with Gasteiger partial charge in [0.2, 0.25) is 0 Å². The molecule has 1 fully saturated rings. The molecule has 0 spiro atoms. The Balaban J connectivity index is 2.66. The van der Waals surface area contributed by atoms with Gasteiger partial charge in [-0.15, -0.1) is 0 Å². The van der Waals surface area contributed by atoms with E-state index in [1.165, 1.54) is 32.2 Å². The predicted octanol–water partition coefficient (Wildman–Crippen LogP) is 4.72. The van der Waals surface area contributed by atoms with Crippen LogP contribution in [0.1, 0.15) is 67.2 Å². The van der Waals surface area contributed by atoms with Crippen LogP contribution in [0.5, 0.6) is 0 Å². The summed E-state index contributed by atoms with van der Waals surface area (Å²) in [6.45, 7) is 16.7. The molecule has 0 aromatic heterocycles. The predicted molar refractivity (Wildman–Crippen MR) is 81.8 cm³/mol. The molecule has 4 unspecified atom stereocenters. The van der Waals surface area contributed by atoms with Crippen LogP contribution in [-0.4, -0.2) is 13.1 Å². The maximum absolute atomic E-state index is 3.58. The van der Waals surface area contributed by atoms with Crippen molar-refractivity contribution in [2.75, 3.05) is 13.1 Å². The van der Waals surface area contributed by atoms with E-state index < -0.39 is 0 Å². The van der Waals surface area contributed by atoms with Gasteiger partial charge in [0.05, 0.1) is 0 Å². The van der Waals surface area contributed by atoms with Crippen LogP contribution in [0.3, 0.4) is 0 Å². The largest absolute Gasteiger partial charge is 0.317 e. The SMILES string of the molecule is CCNCC1CCC(C(C)(C)C)CC1C(C)CC. The monoisotopic (exact) mass is 253 g/mol. The van der Waals surface area contributed by atoms with Crippen molar-refractivity contribution in [3.05, 3.63) is 0 Å². The Bertz CT molecular complexity index is 228. The molecule has 1 N–H and O–H groups in total. The van der Waals surface area contributed by atoms with E-state index in [9.17, 15) is 0 Å². The lowest BCUT2D eigenvalue weighted by molar-refractivity contribution is 0.0672. The molecule has 1 rings (SSSR count). The molecular weight excluding hydrogens is 218 g/mol. The summed E-state index contributed by atoms with van der Waals surface area (Å²) in [5.41, 5.74) is 0.495. The fourth-order valence-corrected chi connectivity index (χ4v) is 3.64. The molecule has 1 saturated carbocycles. The van der Waals surface area contributed by atoms with E-state index in [-0.39, 0.29) is 0 Å². The van der Waals surface area contributed by atoms with Gasteiger partial charge in [-0.05, 0) is 61.4 Å². The molecule has 18 heavy (non-hydrogen) atoms. The van der Waals surface area contributed by atoms with Crippen molar-refractivity contribution in [3.63, 3.8) is 0 Å². The van der Waals surface area contributed by atoms with Crippen molar-refractivity contribution in [2.45, 2.75) is 67.2 Å². The number of hydrogen-bond acceptors (Lipinski definition) is 1. The molecule has 0 amide bonds. The van der Waals surface area contributed by atoms with Gasteiger partial charge in [-0.1, -0.05) is 48.0 Å². The Morgan fingerprint density at radius 2 is 1.83 bits per heavy atom. The van der Waals surface area contributed by atoms with E-state index in [0.29, 0.717) is 5.41 Å². The first-order valence-electron chi connectivity index (χ1n) is 8.10. The van der Waals surface area contributed by atoms with Crippen LogP contribution in [-0.2, 0) is 0 Å². The van der Waals surface area contributed by atoms with Crippen molar-refractivity contribution in [3.8, 4) is 0 Å². The highest BCUT2D eigenvalue weighted by molar-refractivity contribution is 4.88. The first-order chi connectivity index (χ1) is 8.40. The first-order valence-corrected chi connectivity index (χ1v) is 8.10. The quantitative estimate of drug-likeness (QED) is 0.747. The van der Waals surface area contributed by atoms with Gasteiger partial charge in [-0.2, -0.15) is 0 Å². The normalized spacial score (nSPS) is 31.3. The summed E-state index contributed by atoms with van der Waals surface area (Å²) in [7, 11) is 0. The van der Waals surface area contributed by atoms with Gasteiger partial charge < -0.3 is 5.32 Å². The van der Waals surface area contributed by atoms with Crippen LogP contribution >= 0.6 is 0 Å². The Morgan fingerprint density at radius 3 is 2.33 bits per heavy atom. The van der Waals surface area contributed by atoms with Gasteiger partial charge in [-0.3, -0.25) is 0 Å². The highest BCUT2D eigenvalue weighted by Gasteiger charge is 2.37. The molecule has 0 aromatic rings. The maximum atomic E-state index is 3.58. The van der Waals surface area contributed by atoms with E-state index >= 15 is 0 Å². The van der Waals surface area contributed by atoms with Crippen LogP contribution in [0.2, 0.25) is 0 Å². The molecule has 1 nitrogen and oxygen atoms in total. The standard InChI is InChI=1S/C17H35N/c1-7-13(3)16-11-15(17(4,5)6)10-9-14(16)12-18-8-2/h13-16,18H,7-12H2,1-6H3. The van der Waals surface area contributed by atoms with Crippen LogP contribution in [0.4, 0.5) is 0 Å². The summed E-state index contributed by atoms with van der Waals surface area (Å²) >= 11 is 0. The molecule has 0 saturated heterocycles. The molecule has 1 heteroatoms. The third kappa shape index (κ3) is 4.26. The minimum Gasteiger partial charge on any atom is -0.317 e. The Hall–Kier alpha value is -0.0400. The third-order valence-electron chi connectivity index (χ3n) is 5.30. The molecule has 0 aromatic carbocycles. The molecule has 0 aliphatic heterocycles. The van der Waals surface area contributed by atoms with Gasteiger partial charge in [0, 0.05) is 0 Å². The average Bonchev–Trinajstić information content (AvgIpc) is 2.34. The highest BCUT2D eigenvalue weighted by Crippen LogP contribution is 2.45. The topological polar surface area (TPSA) is 12.0 Å². The smallest absolute Gasteiger partial charge is 0.00179 e. The molecule has 4 atom stereocenters. The second-order valence-electron chi connectivity index (χ2n) is 7.49. The Morgan fingerprint density at radius 1 is 1.17 bits per heavy atom. The minimum absolute atomic E-state index is 0.495. The Kier molecular flexibility index (Phi) is 6.17. The second kappa shape index (κ2) is 6.93. The van der Waals surface area contributed by atoms with Crippen molar-refractivity contribution in [1.29, 1.82) is 0 Å². The summed E-state index contributed by atoms with van der Waals surface area (Å²) < 4.78 is 0. The molecule has 0 heterocycles. The first kappa shape index (κ1) is 16.0. The lowest BCUT2D eigenvalue weighted by atomic mass is 9.62. The lowest BCUT2D eigenvalue weighted by Gasteiger charge is -2.44. The van der Waals surface area contributed by atoms with Gasteiger partial charge in [-0.25, -0.2) is 0 Å². The Labute approximate surface area is 115 Å². The molecule has 1 aliphatic rings. The number of rotatable bonds is 5. The third-order valence-corrected chi connectivity index (χ3v) is 5.30. The molecule has 108 valence electrons. The average molecular weight is 253 g/mol. The van der Waals surface area contributed by atoms with E-state index in [4.69, 9.17) is 0 Å². The van der Waals surface area contributed by atoms with Gasteiger partial charge in [0.25, 0.3) is 0 Å². The van der Waals surface area contributed by atoms with Crippen LogP contribution in [0, 0.1) is 29.1 Å². The summed E-state index contributed by atoms with van der Waals surface area (Å²) in [5.74, 6) is 3.67. The van der Waals surface area contributed by atoms with Crippen LogP contribution < -0.4 is 5.32 Å². The van der Waals surface area contributed by atoms with Crippen LogP contribution in [0.25, 0.3) is 0 Å². The van der Waals surface area contributed by atoms with Crippen molar-refractivity contribution < 1.29 is 0 Å². The zero-order chi connectivity index (χ0) is 13.8. The molecular formula is C17H35N. The van der Waals surface area contributed by atoms with Gasteiger partial charge in [0.15, 0.2) is 0 Å². The summed E-state index contributed by atoms with van der Waals surface area (Å²) in [4.78, 5) is 0. The van der Waals surface area contributed by atoms with Gasteiger partial charge >= 0.3 is 0 Å². The number of hydrogen-bond donors (Lipinski definition) is 1. The van der Waals surface area contributed by atoms with Gasteiger partial charge in [0.1, 0.15) is 0 Å². The summed E-state index contributed by atoms with van der Waals surface area (Å²) in [5, 5.41) is 3.58. The lowest BCUT2D eigenvalue weighted by Crippen LogP contribution is -2.39. The minimum atomic E-state index is 0.495. The van der Waals surface area contributed by atoms with E-state index in [0.717, 1.165) is 30.2 Å². The molecule has 0 bridgehead atoms. The zero-order valence-electron chi connectivity index (χ0n) is 13.6. The number of nitrogens with one attached hydrogen (secondary N) is 1. The highest BCUT2D eigenvalue weighted by atomic mass is 14.8. The van der Waals surface area contributed by atoms with E-state index in [2.05, 4.69) is 46.9 Å². The van der Waals surface area contributed by atoms with Crippen LogP contribution in [0.15, 0.2) is 0 Å². The van der Waals surface area contributed by atoms with Crippen molar-refractivity contribution in [1.82, 2.24) is 5.32 Å². The van der Waals surface area contributed by atoms with E-state index in [1.54, 1.807) is 0 Å². The fraction of sp³-hybridized carbons (Fsp3) is 1.00. The van der Waals surface area contributed by atoms with Crippen molar-refractivity contribution >= 4 is 0 Å².